The number of likely N-dealkylation sites (tertiary alicyclic amines) is 1. The molecule has 0 saturated carbocycles. The number of H-pyrrole nitrogens is 1. The van der Waals surface area contributed by atoms with Crippen LogP contribution in [0.1, 0.15) is 28.8 Å². The lowest BCUT2D eigenvalue weighted by Gasteiger charge is -2.36. The molecule has 1 atom stereocenters. The Morgan fingerprint density at radius 1 is 1.17 bits per heavy atom. The second-order valence-electron chi connectivity index (χ2n) is 9.05. The van der Waals surface area contributed by atoms with Gasteiger partial charge in [-0.1, -0.05) is 0 Å². The van der Waals surface area contributed by atoms with Crippen molar-refractivity contribution in [3.05, 3.63) is 66.0 Å². The van der Waals surface area contributed by atoms with Crippen LogP contribution in [0.15, 0.2) is 54.9 Å². The Bertz CT molecular complexity index is 1340. The summed E-state index contributed by atoms with van der Waals surface area (Å²) in [7, 11) is 4.23. The van der Waals surface area contributed by atoms with Crippen LogP contribution in [0.2, 0.25) is 0 Å². The molecule has 0 radical (unpaired) electrons. The molecular weight excluding hydrogens is 442 g/mol. The Morgan fingerprint density at radius 3 is 2.74 bits per heavy atom. The first kappa shape index (κ1) is 22.8. The van der Waals surface area contributed by atoms with Gasteiger partial charge in [0, 0.05) is 43.7 Å². The Balaban J connectivity index is 1.35. The number of piperidine rings is 1. The van der Waals surface area contributed by atoms with Crippen LogP contribution >= 0.6 is 0 Å². The van der Waals surface area contributed by atoms with E-state index < -0.39 is 0 Å². The fourth-order valence-electron chi connectivity index (χ4n) is 4.47. The Labute approximate surface area is 204 Å². The minimum Gasteiger partial charge on any atom is -0.456 e. The predicted octanol–water partition coefficient (Wildman–Crippen LogP) is 4.24. The molecule has 9 nitrogen and oxygen atoms in total. The van der Waals surface area contributed by atoms with Crippen molar-refractivity contribution in [3.8, 4) is 11.5 Å². The number of carbonyl (C=O) groups is 1. The second-order valence-corrected chi connectivity index (χ2v) is 9.05. The van der Waals surface area contributed by atoms with Gasteiger partial charge in [0.25, 0.3) is 5.91 Å². The summed E-state index contributed by atoms with van der Waals surface area (Å²) in [5.74, 6) is 2.41. The average molecular weight is 472 g/mol. The first-order chi connectivity index (χ1) is 17.0. The van der Waals surface area contributed by atoms with Crippen LogP contribution in [0.5, 0.6) is 11.5 Å². The summed E-state index contributed by atoms with van der Waals surface area (Å²) in [4.78, 5) is 25.8. The molecule has 9 heteroatoms. The number of anilines is 2. The number of aryl methyl sites for hydroxylation is 1. The van der Waals surface area contributed by atoms with Crippen LogP contribution < -0.4 is 15.0 Å². The van der Waals surface area contributed by atoms with Gasteiger partial charge in [-0.25, -0.2) is 9.97 Å². The maximum atomic E-state index is 12.6. The molecule has 4 aromatic rings. The molecule has 0 unspecified atom stereocenters. The number of pyridine rings is 2. The summed E-state index contributed by atoms with van der Waals surface area (Å²) >= 11 is 0. The lowest BCUT2D eigenvalue weighted by atomic mass is 10.0. The van der Waals surface area contributed by atoms with Crippen molar-refractivity contribution >= 4 is 28.6 Å². The van der Waals surface area contributed by atoms with E-state index in [1.165, 1.54) is 0 Å². The third kappa shape index (κ3) is 4.95. The van der Waals surface area contributed by atoms with Gasteiger partial charge in [0.2, 0.25) is 0 Å². The highest BCUT2D eigenvalue weighted by Crippen LogP contribution is 2.35. The third-order valence-electron chi connectivity index (χ3n) is 6.39. The number of hydrogen-bond acceptors (Lipinski definition) is 7. The van der Waals surface area contributed by atoms with Crippen molar-refractivity contribution in [2.45, 2.75) is 25.8 Å². The number of likely N-dealkylation sites (N-methyl/N-ethyl adjacent to an activating group) is 2. The molecule has 1 aliphatic rings. The van der Waals surface area contributed by atoms with Crippen molar-refractivity contribution in [2.75, 3.05) is 37.4 Å². The molecule has 1 aliphatic heterocycles. The number of ether oxygens (including phenoxy) is 1. The molecule has 0 spiro atoms. The third-order valence-corrected chi connectivity index (χ3v) is 6.39. The lowest BCUT2D eigenvalue weighted by molar-refractivity contribution is 0.102. The van der Waals surface area contributed by atoms with E-state index in [0.717, 1.165) is 42.7 Å². The first-order valence-corrected chi connectivity index (χ1v) is 11.7. The topological polar surface area (TPSA) is 99.3 Å². The number of nitrogens with one attached hydrogen (secondary N) is 2. The van der Waals surface area contributed by atoms with E-state index in [1.807, 2.05) is 25.1 Å². The standard InChI is InChI=1S/C26H29N7O2/c1-17-10-12-27-22(15-17)29-26(34)18-6-8-20(9-7-18)35-21-11-13-28-24-23(21)25(31-30-24)33(3)19-5-4-14-32(2)16-19/h6-13,15,19H,4-5,14,16H2,1-3H3,(H,27,29,34)(H,28,30,31)/t19-/m1/s1. The van der Waals surface area contributed by atoms with E-state index in [4.69, 9.17) is 4.74 Å². The van der Waals surface area contributed by atoms with Crippen LogP contribution in [0.4, 0.5) is 11.6 Å². The number of aromatic amines is 1. The maximum Gasteiger partial charge on any atom is 0.256 e. The zero-order chi connectivity index (χ0) is 24.4. The molecule has 1 saturated heterocycles. The van der Waals surface area contributed by atoms with Gasteiger partial charge in [-0.15, -0.1) is 0 Å². The maximum absolute atomic E-state index is 12.6. The smallest absolute Gasteiger partial charge is 0.256 e. The quantitative estimate of drug-likeness (QED) is 0.434. The second kappa shape index (κ2) is 9.71. The van der Waals surface area contributed by atoms with Crippen molar-refractivity contribution < 1.29 is 9.53 Å². The molecule has 3 aromatic heterocycles. The van der Waals surface area contributed by atoms with Crippen molar-refractivity contribution in [1.82, 2.24) is 25.1 Å². The molecule has 4 heterocycles. The minimum absolute atomic E-state index is 0.225. The molecule has 1 amide bonds. The van der Waals surface area contributed by atoms with E-state index in [9.17, 15) is 4.79 Å². The number of aromatic nitrogens is 4. The molecule has 0 bridgehead atoms. The van der Waals surface area contributed by atoms with Gasteiger partial charge in [-0.3, -0.25) is 9.89 Å². The zero-order valence-corrected chi connectivity index (χ0v) is 20.2. The van der Waals surface area contributed by atoms with E-state index in [2.05, 4.69) is 49.4 Å². The molecule has 1 fully saturated rings. The summed E-state index contributed by atoms with van der Waals surface area (Å²) in [6.45, 7) is 4.07. The normalized spacial score (nSPS) is 16.3. The van der Waals surface area contributed by atoms with Crippen LogP contribution in [0, 0.1) is 6.92 Å². The van der Waals surface area contributed by atoms with Crippen molar-refractivity contribution in [3.63, 3.8) is 0 Å². The number of hydrogen-bond donors (Lipinski definition) is 2. The number of carbonyl (C=O) groups excluding carboxylic acids is 1. The van der Waals surface area contributed by atoms with Gasteiger partial charge >= 0.3 is 0 Å². The fourth-order valence-corrected chi connectivity index (χ4v) is 4.47. The van der Waals surface area contributed by atoms with Gasteiger partial charge < -0.3 is 19.9 Å². The largest absolute Gasteiger partial charge is 0.456 e. The molecule has 0 aliphatic carbocycles. The van der Waals surface area contributed by atoms with Gasteiger partial charge in [0.05, 0.1) is 0 Å². The van der Waals surface area contributed by atoms with Crippen LogP contribution in [0.3, 0.4) is 0 Å². The summed E-state index contributed by atoms with van der Waals surface area (Å²) in [5.41, 5.74) is 2.23. The summed E-state index contributed by atoms with van der Waals surface area (Å²) in [6, 6.07) is 13.0. The van der Waals surface area contributed by atoms with Crippen molar-refractivity contribution in [2.24, 2.45) is 0 Å². The molecule has 180 valence electrons. The van der Waals surface area contributed by atoms with Crippen LogP contribution in [0.25, 0.3) is 11.0 Å². The number of fused-ring (bicyclic) bond motifs is 1. The Hall–Kier alpha value is -3.98. The SMILES string of the molecule is Cc1ccnc(NC(=O)c2ccc(Oc3ccnc4[nH]nc(N(C)[C@@H]5CCCN(C)C5)c34)cc2)c1. The first-order valence-electron chi connectivity index (χ1n) is 11.7. The van der Waals surface area contributed by atoms with Gasteiger partial charge in [0.1, 0.15) is 22.7 Å². The highest BCUT2D eigenvalue weighted by Gasteiger charge is 2.25. The zero-order valence-electron chi connectivity index (χ0n) is 20.2. The Kier molecular flexibility index (Phi) is 6.33. The predicted molar refractivity (Wildman–Crippen MR) is 136 cm³/mol. The van der Waals surface area contributed by atoms with Gasteiger partial charge in [-0.2, -0.15) is 5.10 Å². The number of benzene rings is 1. The number of nitrogens with zero attached hydrogens (tertiary/aromatic N) is 5. The van der Waals surface area contributed by atoms with E-state index >= 15 is 0 Å². The van der Waals surface area contributed by atoms with E-state index in [-0.39, 0.29) is 5.91 Å². The van der Waals surface area contributed by atoms with Crippen LogP contribution in [-0.2, 0) is 0 Å². The molecule has 5 rings (SSSR count). The number of amides is 1. The highest BCUT2D eigenvalue weighted by molar-refractivity contribution is 6.03. The molecular formula is C26H29N7O2. The molecule has 35 heavy (non-hydrogen) atoms. The fraction of sp³-hybridized carbons (Fsp3) is 0.308. The minimum atomic E-state index is -0.225. The monoisotopic (exact) mass is 471 g/mol. The highest BCUT2D eigenvalue weighted by atomic mass is 16.5. The summed E-state index contributed by atoms with van der Waals surface area (Å²) in [5, 5.41) is 11.3. The summed E-state index contributed by atoms with van der Waals surface area (Å²) in [6.07, 6.45) is 5.65. The van der Waals surface area contributed by atoms with Crippen LogP contribution in [-0.4, -0.2) is 64.2 Å². The summed E-state index contributed by atoms with van der Waals surface area (Å²) < 4.78 is 6.24. The van der Waals surface area contributed by atoms with E-state index in [1.54, 1.807) is 36.7 Å². The average Bonchev–Trinajstić information content (AvgIpc) is 3.29. The lowest BCUT2D eigenvalue weighted by Crippen LogP contribution is -2.45. The molecule has 2 N–H and O–H groups in total. The van der Waals surface area contributed by atoms with Gasteiger partial charge in [-0.05, 0) is 75.3 Å². The van der Waals surface area contributed by atoms with E-state index in [0.29, 0.717) is 34.6 Å². The van der Waals surface area contributed by atoms with Gasteiger partial charge in [0.15, 0.2) is 11.5 Å². The number of rotatable bonds is 6. The molecule has 1 aromatic carbocycles. The Morgan fingerprint density at radius 2 is 1.97 bits per heavy atom. The van der Waals surface area contributed by atoms with Crippen molar-refractivity contribution in [1.29, 1.82) is 0 Å².